The van der Waals surface area contributed by atoms with E-state index in [0.717, 1.165) is 5.56 Å². The third-order valence-electron chi connectivity index (χ3n) is 7.63. The number of amides is 3. The van der Waals surface area contributed by atoms with Gasteiger partial charge in [-0.05, 0) is 52.5 Å². The summed E-state index contributed by atoms with van der Waals surface area (Å²) in [5, 5.41) is 16.1. The largest absolute Gasteiger partial charge is 0.394 e. The van der Waals surface area contributed by atoms with Gasteiger partial charge in [-0.3, -0.25) is 14.4 Å². The van der Waals surface area contributed by atoms with Crippen molar-refractivity contribution in [3.63, 3.8) is 0 Å². The first-order valence-corrected chi connectivity index (χ1v) is 12.2. The number of hydrogen-bond acceptors (Lipinski definition) is 5. The topological polar surface area (TPSA) is 108 Å². The van der Waals surface area contributed by atoms with Gasteiger partial charge in [-0.2, -0.15) is 0 Å². The Morgan fingerprint density at radius 3 is 2.47 bits per heavy atom. The monoisotopic (exact) mass is 471 g/mol. The highest BCUT2D eigenvalue weighted by molar-refractivity contribution is 5.99. The van der Waals surface area contributed by atoms with Gasteiger partial charge in [0.1, 0.15) is 11.6 Å². The Morgan fingerprint density at radius 1 is 1.21 bits per heavy atom. The van der Waals surface area contributed by atoms with Crippen molar-refractivity contribution in [2.45, 2.75) is 89.3 Å². The first-order chi connectivity index (χ1) is 16.0. The number of hydrogen-bond donors (Lipinski definition) is 3. The van der Waals surface area contributed by atoms with Gasteiger partial charge in [0.2, 0.25) is 17.7 Å². The molecule has 3 amide bonds. The van der Waals surface area contributed by atoms with Gasteiger partial charge >= 0.3 is 0 Å². The zero-order valence-corrected chi connectivity index (χ0v) is 20.8. The Hall–Kier alpha value is -2.45. The second kappa shape index (κ2) is 8.64. The molecule has 3 fully saturated rings. The summed E-state index contributed by atoms with van der Waals surface area (Å²) in [5.41, 5.74) is -1.45. The molecule has 3 saturated heterocycles. The Morgan fingerprint density at radius 2 is 1.88 bits per heavy atom. The molecule has 3 heterocycles. The highest BCUT2D eigenvalue weighted by Crippen LogP contribution is 2.63. The van der Waals surface area contributed by atoms with Crippen molar-refractivity contribution in [3.05, 3.63) is 35.9 Å². The Labute approximate surface area is 201 Å². The molecule has 2 bridgehead atoms. The predicted octanol–water partition coefficient (Wildman–Crippen LogP) is 1.75. The molecule has 0 aromatic heterocycles. The van der Waals surface area contributed by atoms with Gasteiger partial charge in [-0.1, -0.05) is 37.3 Å². The SMILES string of the molecule is CC[C@@H](CO)N1C(=O)[C@@H]2[C@@H](C(=O)NCc3ccccc3)[C@@]3(C)CCC2(O3)C1C(=O)NC(C)(C)C. The van der Waals surface area contributed by atoms with Crippen LogP contribution >= 0.6 is 0 Å². The van der Waals surface area contributed by atoms with Gasteiger partial charge < -0.3 is 25.4 Å². The van der Waals surface area contributed by atoms with E-state index < -0.39 is 40.7 Å². The Bertz CT molecular complexity index is 957. The standard InChI is InChI=1S/C26H37N3O5/c1-6-17(15-30)29-20(22(32)28-24(2,3)4)26-13-12-25(5,34-26)18(19(26)23(29)33)21(31)27-14-16-10-8-7-9-11-16/h7-11,17-20,30H,6,12-15H2,1-5H3,(H,27,31)(H,28,32)/t17-,18-,19-,20?,25+,26?/m0/s1. The molecule has 0 radical (unpaired) electrons. The van der Waals surface area contributed by atoms with Crippen LogP contribution in [0.5, 0.6) is 0 Å². The minimum atomic E-state index is -1.08. The second-order valence-corrected chi connectivity index (χ2v) is 11.2. The van der Waals surface area contributed by atoms with E-state index in [1.54, 1.807) is 0 Å². The number of ether oxygens (including phenoxy) is 1. The number of nitrogens with zero attached hydrogens (tertiary/aromatic N) is 1. The number of carbonyl (C=O) groups is 3. The molecule has 3 N–H and O–H groups in total. The number of aliphatic hydroxyl groups excluding tert-OH is 1. The molecule has 1 spiro atoms. The van der Waals surface area contributed by atoms with Gasteiger partial charge in [0.05, 0.1) is 30.1 Å². The third kappa shape index (κ3) is 3.90. The molecule has 1 aromatic carbocycles. The van der Waals surface area contributed by atoms with E-state index in [1.165, 1.54) is 4.90 Å². The summed E-state index contributed by atoms with van der Waals surface area (Å²) < 4.78 is 6.58. The van der Waals surface area contributed by atoms with Crippen molar-refractivity contribution in [1.29, 1.82) is 0 Å². The third-order valence-corrected chi connectivity index (χ3v) is 7.63. The van der Waals surface area contributed by atoms with Crippen molar-refractivity contribution in [1.82, 2.24) is 15.5 Å². The lowest BCUT2D eigenvalue weighted by Gasteiger charge is -2.38. The molecule has 8 heteroatoms. The van der Waals surface area contributed by atoms with Gasteiger partial charge in [-0.25, -0.2) is 0 Å². The summed E-state index contributed by atoms with van der Waals surface area (Å²) in [6.45, 7) is 9.52. The van der Waals surface area contributed by atoms with E-state index in [2.05, 4.69) is 10.6 Å². The van der Waals surface area contributed by atoms with E-state index in [9.17, 15) is 19.5 Å². The number of carbonyl (C=O) groups excluding carboxylic acids is 3. The van der Waals surface area contributed by atoms with Crippen LogP contribution < -0.4 is 10.6 Å². The molecule has 34 heavy (non-hydrogen) atoms. The van der Waals surface area contributed by atoms with Gasteiger partial charge in [0.15, 0.2) is 0 Å². The highest BCUT2D eigenvalue weighted by atomic mass is 16.5. The van der Waals surface area contributed by atoms with E-state index in [4.69, 9.17) is 4.74 Å². The molecule has 2 unspecified atom stereocenters. The summed E-state index contributed by atoms with van der Waals surface area (Å²) >= 11 is 0. The fourth-order valence-electron chi connectivity index (χ4n) is 6.20. The van der Waals surface area contributed by atoms with Crippen LogP contribution in [0.1, 0.15) is 59.4 Å². The van der Waals surface area contributed by atoms with Crippen molar-refractivity contribution >= 4 is 17.7 Å². The molecule has 6 atom stereocenters. The maximum Gasteiger partial charge on any atom is 0.246 e. The number of aliphatic hydroxyl groups is 1. The molecule has 3 aliphatic rings. The number of rotatable bonds is 7. The summed E-state index contributed by atoms with van der Waals surface area (Å²) in [5.74, 6) is -2.29. The molecule has 8 nitrogen and oxygen atoms in total. The van der Waals surface area contributed by atoms with Crippen LogP contribution in [-0.2, 0) is 25.7 Å². The number of benzene rings is 1. The Kier molecular flexibility index (Phi) is 6.27. The molecule has 1 aromatic rings. The van der Waals surface area contributed by atoms with Crippen molar-refractivity contribution < 1.29 is 24.2 Å². The lowest BCUT2D eigenvalue weighted by Crippen LogP contribution is -2.60. The van der Waals surface area contributed by atoms with Crippen LogP contribution in [0.2, 0.25) is 0 Å². The zero-order valence-electron chi connectivity index (χ0n) is 20.8. The van der Waals surface area contributed by atoms with Gasteiger partial charge in [-0.15, -0.1) is 0 Å². The molecule has 3 aliphatic heterocycles. The first-order valence-electron chi connectivity index (χ1n) is 12.2. The van der Waals surface area contributed by atoms with Crippen LogP contribution in [0.15, 0.2) is 30.3 Å². The minimum Gasteiger partial charge on any atom is -0.394 e. The second-order valence-electron chi connectivity index (χ2n) is 11.2. The Balaban J connectivity index is 1.69. The molecule has 4 rings (SSSR count). The maximum absolute atomic E-state index is 13.9. The van der Waals surface area contributed by atoms with Crippen molar-refractivity contribution in [3.8, 4) is 0 Å². The lowest BCUT2D eigenvalue weighted by atomic mass is 9.66. The summed E-state index contributed by atoms with van der Waals surface area (Å²) in [4.78, 5) is 42.5. The minimum absolute atomic E-state index is 0.236. The quantitative estimate of drug-likeness (QED) is 0.562. The summed E-state index contributed by atoms with van der Waals surface area (Å²) in [6.07, 6.45) is 1.60. The lowest BCUT2D eigenvalue weighted by molar-refractivity contribution is -0.150. The average Bonchev–Trinajstić information content (AvgIpc) is 3.34. The molecule has 0 saturated carbocycles. The highest BCUT2D eigenvalue weighted by Gasteiger charge is 2.78. The van der Waals surface area contributed by atoms with Crippen LogP contribution in [0.4, 0.5) is 0 Å². The first kappa shape index (κ1) is 24.7. The number of nitrogens with one attached hydrogen (secondary N) is 2. The average molecular weight is 472 g/mol. The van der Waals surface area contributed by atoms with Crippen LogP contribution in [-0.4, -0.2) is 63.2 Å². The molecular formula is C26H37N3O5. The predicted molar refractivity (Wildman–Crippen MR) is 126 cm³/mol. The van der Waals surface area contributed by atoms with E-state index in [-0.39, 0.29) is 24.3 Å². The van der Waals surface area contributed by atoms with Crippen LogP contribution in [0.3, 0.4) is 0 Å². The van der Waals surface area contributed by atoms with Crippen molar-refractivity contribution in [2.75, 3.05) is 6.61 Å². The molecule has 0 aliphatic carbocycles. The number of likely N-dealkylation sites (tertiary alicyclic amines) is 1. The molecular weight excluding hydrogens is 434 g/mol. The summed E-state index contributed by atoms with van der Waals surface area (Å²) in [6, 6.07) is 8.19. The van der Waals surface area contributed by atoms with Gasteiger partial charge in [0, 0.05) is 12.1 Å². The fraction of sp³-hybridized carbons (Fsp3) is 0.654. The van der Waals surface area contributed by atoms with Crippen molar-refractivity contribution in [2.24, 2.45) is 11.8 Å². The molecule has 186 valence electrons. The fourth-order valence-corrected chi connectivity index (χ4v) is 6.20. The zero-order chi connectivity index (χ0) is 24.9. The number of fused-ring (bicyclic) bond motifs is 1. The van der Waals surface area contributed by atoms with E-state index >= 15 is 0 Å². The van der Waals surface area contributed by atoms with Gasteiger partial charge in [0.25, 0.3) is 0 Å². The van der Waals surface area contributed by atoms with E-state index in [0.29, 0.717) is 25.8 Å². The van der Waals surface area contributed by atoms with Crippen LogP contribution in [0.25, 0.3) is 0 Å². The van der Waals surface area contributed by atoms with Crippen LogP contribution in [0, 0.1) is 11.8 Å². The smallest absolute Gasteiger partial charge is 0.246 e. The van der Waals surface area contributed by atoms with E-state index in [1.807, 2.05) is 65.0 Å². The normalized spacial score (nSPS) is 33.1. The summed E-state index contributed by atoms with van der Waals surface area (Å²) in [7, 11) is 0. The maximum atomic E-state index is 13.9.